The first-order valence-electron chi connectivity index (χ1n) is 6.89. The molecule has 1 aromatic carbocycles. The van der Waals surface area contributed by atoms with Crippen molar-refractivity contribution in [2.75, 3.05) is 24.7 Å². The third-order valence-corrected chi connectivity index (χ3v) is 3.43. The number of hydrogen-bond acceptors (Lipinski definition) is 5. The molecule has 0 aliphatic heterocycles. The topological polar surface area (TPSA) is 84.2 Å². The zero-order chi connectivity index (χ0) is 15.0. The number of benzene rings is 1. The van der Waals surface area contributed by atoms with E-state index in [9.17, 15) is 4.79 Å². The Labute approximate surface area is 122 Å². The molecule has 0 amide bonds. The summed E-state index contributed by atoms with van der Waals surface area (Å²) in [6.45, 7) is 0. The Kier molecular flexibility index (Phi) is 3.29. The number of nitrogen functional groups attached to an aromatic ring is 1. The second kappa shape index (κ2) is 5.12. The van der Waals surface area contributed by atoms with Crippen molar-refractivity contribution in [3.05, 3.63) is 40.4 Å². The third kappa shape index (κ3) is 2.99. The van der Waals surface area contributed by atoms with Gasteiger partial charge in [-0.15, -0.1) is 0 Å². The Hall–Kier alpha value is -2.50. The van der Waals surface area contributed by atoms with Crippen LogP contribution in [0, 0.1) is 0 Å². The Morgan fingerprint density at radius 1 is 1.33 bits per heavy atom. The smallest absolute Gasteiger partial charge is 0.254 e. The minimum Gasteiger partial charge on any atom is -0.437 e. The highest BCUT2D eigenvalue weighted by Gasteiger charge is 2.26. The zero-order valence-electron chi connectivity index (χ0n) is 12.1. The van der Waals surface area contributed by atoms with E-state index in [1.54, 1.807) is 6.07 Å². The second-order valence-electron chi connectivity index (χ2n) is 5.46. The predicted octanol–water partition coefficient (Wildman–Crippen LogP) is 2.09. The average Bonchev–Trinajstić information content (AvgIpc) is 3.24. The molecule has 1 saturated carbocycles. The molecule has 1 fully saturated rings. The molecule has 110 valence electrons. The van der Waals surface area contributed by atoms with E-state index in [1.807, 2.05) is 31.1 Å². The molecule has 0 unspecified atom stereocenters. The fourth-order valence-corrected chi connectivity index (χ4v) is 2.06. The van der Waals surface area contributed by atoms with Crippen molar-refractivity contribution in [2.45, 2.75) is 18.8 Å². The van der Waals surface area contributed by atoms with E-state index in [0.717, 1.165) is 18.5 Å². The quantitative estimate of drug-likeness (QED) is 0.841. The average molecular weight is 286 g/mol. The molecule has 6 nitrogen and oxygen atoms in total. The molecule has 21 heavy (non-hydrogen) atoms. The van der Waals surface area contributed by atoms with Crippen LogP contribution in [0.4, 0.5) is 11.4 Å². The van der Waals surface area contributed by atoms with Crippen LogP contribution in [-0.2, 0) is 0 Å². The van der Waals surface area contributed by atoms with Crippen LogP contribution in [0.25, 0.3) is 0 Å². The van der Waals surface area contributed by atoms with Crippen molar-refractivity contribution >= 4 is 11.4 Å². The molecule has 1 heterocycles. The molecule has 1 aliphatic carbocycles. The number of rotatable bonds is 4. The van der Waals surface area contributed by atoms with Gasteiger partial charge >= 0.3 is 0 Å². The lowest BCUT2D eigenvalue weighted by Gasteiger charge is -2.15. The minimum atomic E-state index is -0.204. The summed E-state index contributed by atoms with van der Waals surface area (Å²) in [7, 11) is 3.87. The number of H-pyrrole nitrogens is 1. The van der Waals surface area contributed by atoms with Gasteiger partial charge in [0.2, 0.25) is 5.88 Å². The Morgan fingerprint density at radius 2 is 2.10 bits per heavy atom. The summed E-state index contributed by atoms with van der Waals surface area (Å²) in [6, 6.07) is 6.85. The summed E-state index contributed by atoms with van der Waals surface area (Å²) in [5.74, 6) is 1.83. The number of aromatic amines is 1. The fraction of sp³-hybridized carbons (Fsp3) is 0.333. The van der Waals surface area contributed by atoms with Crippen molar-refractivity contribution in [2.24, 2.45) is 0 Å². The lowest BCUT2D eigenvalue weighted by molar-refractivity contribution is 0.459. The Balaban J connectivity index is 1.92. The summed E-state index contributed by atoms with van der Waals surface area (Å²) < 4.78 is 5.72. The fourth-order valence-electron chi connectivity index (χ4n) is 2.06. The van der Waals surface area contributed by atoms with Crippen LogP contribution >= 0.6 is 0 Å². The highest BCUT2D eigenvalue weighted by atomic mass is 16.5. The van der Waals surface area contributed by atoms with Gasteiger partial charge in [0.25, 0.3) is 5.56 Å². The number of nitrogens with one attached hydrogen (secondary N) is 1. The standard InChI is InChI=1S/C15H18N4O2/c1-19(2)10-5-6-11(16)12(7-10)21-14-8-13(20)17-15(18-14)9-3-4-9/h5-9H,3-4,16H2,1-2H3,(H,17,18,20). The van der Waals surface area contributed by atoms with Gasteiger partial charge in [-0.25, -0.2) is 0 Å². The van der Waals surface area contributed by atoms with Crippen LogP contribution in [0.5, 0.6) is 11.6 Å². The lowest BCUT2D eigenvalue weighted by atomic mass is 10.2. The van der Waals surface area contributed by atoms with Gasteiger partial charge in [-0.3, -0.25) is 4.79 Å². The van der Waals surface area contributed by atoms with E-state index in [-0.39, 0.29) is 11.4 Å². The summed E-state index contributed by atoms with van der Waals surface area (Å²) in [5, 5.41) is 0. The molecular formula is C15H18N4O2. The van der Waals surface area contributed by atoms with Crippen LogP contribution in [0.15, 0.2) is 29.1 Å². The lowest BCUT2D eigenvalue weighted by Crippen LogP contribution is -2.11. The van der Waals surface area contributed by atoms with Gasteiger partial charge < -0.3 is 20.4 Å². The summed E-state index contributed by atoms with van der Waals surface area (Å²) >= 11 is 0. The SMILES string of the molecule is CN(C)c1ccc(N)c(Oc2cc(=O)[nH]c(C3CC3)n2)c1. The Bertz CT molecular complexity index is 720. The molecule has 0 bridgehead atoms. The number of anilines is 2. The first kappa shape index (κ1) is 13.5. The van der Waals surface area contributed by atoms with Crippen LogP contribution in [0.3, 0.4) is 0 Å². The van der Waals surface area contributed by atoms with Crippen LogP contribution in [0.2, 0.25) is 0 Å². The number of aromatic nitrogens is 2. The molecule has 1 aliphatic rings. The molecular weight excluding hydrogens is 268 g/mol. The Morgan fingerprint density at radius 3 is 2.76 bits per heavy atom. The summed E-state index contributed by atoms with van der Waals surface area (Å²) in [4.78, 5) is 20.7. The maximum Gasteiger partial charge on any atom is 0.254 e. The molecule has 3 rings (SSSR count). The third-order valence-electron chi connectivity index (χ3n) is 3.43. The molecule has 0 atom stereocenters. The molecule has 0 spiro atoms. The molecule has 3 N–H and O–H groups in total. The van der Waals surface area contributed by atoms with Gasteiger partial charge in [-0.05, 0) is 25.0 Å². The molecule has 6 heteroatoms. The number of hydrogen-bond donors (Lipinski definition) is 2. The van der Waals surface area contributed by atoms with Crippen molar-refractivity contribution in [1.29, 1.82) is 0 Å². The van der Waals surface area contributed by atoms with E-state index in [4.69, 9.17) is 10.5 Å². The van der Waals surface area contributed by atoms with E-state index in [0.29, 0.717) is 23.2 Å². The normalized spacial score (nSPS) is 14.0. The highest BCUT2D eigenvalue weighted by Crippen LogP contribution is 2.38. The summed E-state index contributed by atoms with van der Waals surface area (Å²) in [6.07, 6.45) is 2.12. The zero-order valence-corrected chi connectivity index (χ0v) is 12.1. The molecule has 0 radical (unpaired) electrons. The minimum absolute atomic E-state index is 0.204. The maximum absolute atomic E-state index is 11.7. The van der Waals surface area contributed by atoms with Gasteiger partial charge in [0, 0.05) is 31.8 Å². The van der Waals surface area contributed by atoms with Crippen LogP contribution in [-0.4, -0.2) is 24.1 Å². The number of nitrogens with zero attached hydrogens (tertiary/aromatic N) is 2. The van der Waals surface area contributed by atoms with Crippen LogP contribution < -0.4 is 20.9 Å². The largest absolute Gasteiger partial charge is 0.437 e. The van der Waals surface area contributed by atoms with Crippen molar-refractivity contribution in [3.63, 3.8) is 0 Å². The van der Waals surface area contributed by atoms with Crippen molar-refractivity contribution < 1.29 is 4.74 Å². The van der Waals surface area contributed by atoms with Gasteiger partial charge in [-0.1, -0.05) is 0 Å². The number of nitrogens with two attached hydrogens (primary N) is 1. The van der Waals surface area contributed by atoms with E-state index >= 15 is 0 Å². The highest BCUT2D eigenvalue weighted by molar-refractivity contribution is 5.62. The van der Waals surface area contributed by atoms with E-state index in [2.05, 4.69) is 9.97 Å². The molecule has 0 saturated heterocycles. The first-order chi connectivity index (χ1) is 10.0. The van der Waals surface area contributed by atoms with E-state index in [1.165, 1.54) is 6.07 Å². The maximum atomic E-state index is 11.7. The van der Waals surface area contributed by atoms with E-state index < -0.39 is 0 Å². The molecule has 1 aromatic heterocycles. The molecule has 2 aromatic rings. The van der Waals surface area contributed by atoms with Gasteiger partial charge in [-0.2, -0.15) is 4.98 Å². The van der Waals surface area contributed by atoms with Crippen LogP contribution in [0.1, 0.15) is 24.6 Å². The van der Waals surface area contributed by atoms with Gasteiger partial charge in [0.15, 0.2) is 5.75 Å². The number of ether oxygens (including phenoxy) is 1. The second-order valence-corrected chi connectivity index (χ2v) is 5.46. The summed E-state index contributed by atoms with van der Waals surface area (Å²) in [5.41, 5.74) is 7.20. The van der Waals surface area contributed by atoms with Gasteiger partial charge in [0.1, 0.15) is 5.82 Å². The van der Waals surface area contributed by atoms with Crippen molar-refractivity contribution in [1.82, 2.24) is 9.97 Å². The van der Waals surface area contributed by atoms with Crippen molar-refractivity contribution in [3.8, 4) is 11.6 Å². The first-order valence-corrected chi connectivity index (χ1v) is 6.89. The van der Waals surface area contributed by atoms with Gasteiger partial charge in [0.05, 0.1) is 11.8 Å². The monoisotopic (exact) mass is 286 g/mol. The predicted molar refractivity (Wildman–Crippen MR) is 82.1 cm³/mol.